The average Bonchev–Trinajstić information content (AvgIpc) is 2.93. The molecule has 2 aliphatic heterocycles. The number of ether oxygens (including phenoxy) is 1. The van der Waals surface area contributed by atoms with Gasteiger partial charge in [0.05, 0.1) is 29.3 Å². The van der Waals surface area contributed by atoms with Crippen LogP contribution in [0.25, 0.3) is 0 Å². The number of alkyl halides is 3. The molecule has 1 amide bonds. The number of carbonyl (C=O) groups is 2. The number of likely N-dealkylation sites (tertiary alicyclic amines) is 1. The third kappa shape index (κ3) is 7.90. The van der Waals surface area contributed by atoms with E-state index >= 15 is 0 Å². The Morgan fingerprint density at radius 2 is 1.71 bits per heavy atom. The first-order valence-electron chi connectivity index (χ1n) is 12.9. The molecule has 38 heavy (non-hydrogen) atoms. The van der Waals surface area contributed by atoms with Gasteiger partial charge in [-0.1, -0.05) is 31.4 Å². The predicted octanol–water partition coefficient (Wildman–Crippen LogP) is 2.43. The lowest BCUT2D eigenvalue weighted by Gasteiger charge is -2.43. The smallest absolute Gasteiger partial charge is 0.475 e. The number of hydrogen-bond donors (Lipinski definition) is 2. The summed E-state index contributed by atoms with van der Waals surface area (Å²) < 4.78 is 64.4. The number of benzene rings is 1. The van der Waals surface area contributed by atoms with Crippen molar-refractivity contribution < 1.29 is 41.0 Å². The highest BCUT2D eigenvalue weighted by atomic mass is 32.2. The van der Waals surface area contributed by atoms with Gasteiger partial charge in [0.15, 0.2) is 9.84 Å². The minimum Gasteiger partial charge on any atom is -0.475 e. The van der Waals surface area contributed by atoms with Crippen LogP contribution in [0.2, 0.25) is 0 Å². The Hall–Kier alpha value is -2.22. The van der Waals surface area contributed by atoms with Crippen molar-refractivity contribution in [3.63, 3.8) is 0 Å². The fourth-order valence-electron chi connectivity index (χ4n) is 5.32. The molecule has 0 bridgehead atoms. The Morgan fingerprint density at radius 1 is 1.08 bits per heavy atom. The summed E-state index contributed by atoms with van der Waals surface area (Å²) in [6.07, 6.45) is 1.09. The monoisotopic (exact) mass is 563 g/mol. The van der Waals surface area contributed by atoms with Gasteiger partial charge in [0.2, 0.25) is 5.91 Å². The second-order valence-corrected chi connectivity index (χ2v) is 12.2. The molecule has 0 aromatic heterocycles. The Bertz CT molecular complexity index is 1060. The Labute approximate surface area is 221 Å². The zero-order valence-corrected chi connectivity index (χ0v) is 22.1. The Morgan fingerprint density at radius 3 is 2.29 bits per heavy atom. The summed E-state index contributed by atoms with van der Waals surface area (Å²) in [5, 5.41) is 6.55. The van der Waals surface area contributed by atoms with E-state index < -0.39 is 27.2 Å². The number of carboxylic acids is 1. The number of hydrogen-bond acceptors (Lipinski definition) is 7. The average molecular weight is 564 g/mol. The number of carbonyl (C=O) groups excluding carboxylic acids is 1. The van der Waals surface area contributed by atoms with Crippen LogP contribution in [0.3, 0.4) is 0 Å². The highest BCUT2D eigenvalue weighted by Gasteiger charge is 2.42. The molecule has 214 valence electrons. The van der Waals surface area contributed by atoms with Gasteiger partial charge in [-0.25, -0.2) is 13.2 Å². The van der Waals surface area contributed by atoms with Crippen LogP contribution in [0.1, 0.15) is 44.1 Å². The van der Waals surface area contributed by atoms with E-state index in [0.717, 1.165) is 18.4 Å². The standard InChI is InChI=1S/C23H35N3O4S.C2HF3O2/c24-15-18-5-4-8-21(13-18)31(28,29)22-14-19(23(27)25-9-11-30-12-10-25)16-26(17-22)20-6-2-1-3-7-20;3-2(4,5)1(6)7/h4-5,8,13,19-20,22H,1-3,6-7,9-12,14-17,24H2;(H,6,7)/t19-,22-;/m0./s1. The van der Waals surface area contributed by atoms with Crippen molar-refractivity contribution in [3.8, 4) is 0 Å². The van der Waals surface area contributed by atoms with Crippen molar-refractivity contribution in [2.75, 3.05) is 39.4 Å². The summed E-state index contributed by atoms with van der Waals surface area (Å²) in [6, 6.07) is 7.33. The van der Waals surface area contributed by atoms with Crippen molar-refractivity contribution in [3.05, 3.63) is 29.8 Å². The van der Waals surface area contributed by atoms with Gasteiger partial charge in [-0.15, -0.1) is 0 Å². The molecule has 3 aliphatic rings. The van der Waals surface area contributed by atoms with Crippen LogP contribution in [0, 0.1) is 5.92 Å². The first kappa shape index (κ1) is 30.3. The second kappa shape index (κ2) is 13.2. The lowest BCUT2D eigenvalue weighted by atomic mass is 9.89. The van der Waals surface area contributed by atoms with Gasteiger partial charge in [0.1, 0.15) is 0 Å². The minimum atomic E-state index is -5.08. The SMILES string of the molecule is NCc1cccc(S(=O)(=O)[C@H]2C[C@H](C(=O)N3CCOCC3)CN(C3CCCCC3)C2)c1.O=C(O)C(F)(F)F. The maximum atomic E-state index is 13.6. The highest BCUT2D eigenvalue weighted by molar-refractivity contribution is 7.92. The van der Waals surface area contributed by atoms with Gasteiger partial charge >= 0.3 is 12.1 Å². The fourth-order valence-corrected chi connectivity index (χ4v) is 7.16. The topological polar surface area (TPSA) is 130 Å². The number of amides is 1. The lowest BCUT2D eigenvalue weighted by molar-refractivity contribution is -0.192. The first-order valence-corrected chi connectivity index (χ1v) is 14.4. The number of morpholine rings is 1. The van der Waals surface area contributed by atoms with E-state index in [9.17, 15) is 26.4 Å². The van der Waals surface area contributed by atoms with Gasteiger partial charge in [-0.3, -0.25) is 9.69 Å². The number of nitrogens with two attached hydrogens (primary N) is 1. The van der Waals surface area contributed by atoms with E-state index in [0.29, 0.717) is 63.3 Å². The zero-order valence-electron chi connectivity index (χ0n) is 21.2. The second-order valence-electron chi connectivity index (χ2n) is 9.94. The van der Waals surface area contributed by atoms with Gasteiger partial charge < -0.3 is 20.5 Å². The van der Waals surface area contributed by atoms with Crippen LogP contribution in [-0.2, 0) is 30.7 Å². The summed E-state index contributed by atoms with van der Waals surface area (Å²) in [5.41, 5.74) is 6.55. The van der Waals surface area contributed by atoms with E-state index in [-0.39, 0.29) is 11.8 Å². The Balaban J connectivity index is 0.000000505. The molecule has 1 aromatic rings. The maximum absolute atomic E-state index is 13.6. The van der Waals surface area contributed by atoms with Crippen molar-refractivity contribution >= 4 is 21.7 Å². The molecule has 9 nitrogen and oxygen atoms in total. The van der Waals surface area contributed by atoms with E-state index in [1.165, 1.54) is 19.3 Å². The quantitative estimate of drug-likeness (QED) is 0.559. The summed E-state index contributed by atoms with van der Waals surface area (Å²) >= 11 is 0. The fraction of sp³-hybridized carbons (Fsp3) is 0.680. The molecule has 1 aliphatic carbocycles. The van der Waals surface area contributed by atoms with Gasteiger partial charge in [0.25, 0.3) is 0 Å². The molecule has 3 fully saturated rings. The normalized spacial score (nSPS) is 23.8. The molecular weight excluding hydrogens is 527 g/mol. The molecule has 2 heterocycles. The van der Waals surface area contributed by atoms with E-state index in [4.69, 9.17) is 20.4 Å². The molecule has 3 N–H and O–H groups in total. The van der Waals surface area contributed by atoms with Crippen LogP contribution in [0.15, 0.2) is 29.2 Å². The highest BCUT2D eigenvalue weighted by Crippen LogP contribution is 2.33. The number of rotatable bonds is 5. The number of nitrogens with zero attached hydrogens (tertiary/aromatic N) is 2. The Kier molecular flexibility index (Phi) is 10.6. The van der Waals surface area contributed by atoms with Crippen LogP contribution < -0.4 is 5.73 Å². The van der Waals surface area contributed by atoms with E-state index in [1.54, 1.807) is 18.2 Å². The number of piperidine rings is 1. The number of halogens is 3. The lowest BCUT2D eigenvalue weighted by Crippen LogP contribution is -2.55. The number of carboxylic acid groups (broad SMARTS) is 1. The third-order valence-corrected chi connectivity index (χ3v) is 9.48. The van der Waals surface area contributed by atoms with E-state index in [2.05, 4.69) is 4.90 Å². The van der Waals surface area contributed by atoms with Crippen LogP contribution in [0.4, 0.5) is 13.2 Å². The third-order valence-electron chi connectivity index (χ3n) is 7.35. The van der Waals surface area contributed by atoms with Crippen molar-refractivity contribution in [2.24, 2.45) is 11.7 Å². The van der Waals surface area contributed by atoms with Crippen molar-refractivity contribution in [1.82, 2.24) is 9.80 Å². The molecule has 1 saturated carbocycles. The number of aliphatic carboxylic acids is 1. The zero-order chi connectivity index (χ0) is 27.9. The van der Waals surface area contributed by atoms with Crippen LogP contribution >= 0.6 is 0 Å². The van der Waals surface area contributed by atoms with Gasteiger partial charge in [-0.05, 0) is 37.0 Å². The van der Waals surface area contributed by atoms with Gasteiger partial charge in [-0.2, -0.15) is 13.2 Å². The predicted molar refractivity (Wildman–Crippen MR) is 133 cm³/mol. The summed E-state index contributed by atoms with van der Waals surface area (Å²) in [4.78, 5) is 26.7. The summed E-state index contributed by atoms with van der Waals surface area (Å²) in [7, 11) is -3.56. The first-order chi connectivity index (χ1) is 17.9. The molecule has 0 spiro atoms. The van der Waals surface area contributed by atoms with Crippen molar-refractivity contribution in [1.29, 1.82) is 0 Å². The molecule has 4 rings (SSSR count). The molecule has 2 atom stereocenters. The molecule has 2 saturated heterocycles. The van der Waals surface area contributed by atoms with E-state index in [1.807, 2.05) is 11.0 Å². The van der Waals surface area contributed by atoms with Crippen LogP contribution in [0.5, 0.6) is 0 Å². The summed E-state index contributed by atoms with van der Waals surface area (Å²) in [6.45, 7) is 3.77. The van der Waals surface area contributed by atoms with Crippen LogP contribution in [-0.4, -0.2) is 92.1 Å². The number of sulfone groups is 1. The van der Waals surface area contributed by atoms with Gasteiger partial charge in [0, 0.05) is 38.8 Å². The maximum Gasteiger partial charge on any atom is 0.490 e. The molecule has 1 aromatic carbocycles. The molecule has 0 unspecified atom stereocenters. The molecule has 13 heteroatoms. The molecule has 0 radical (unpaired) electrons. The molecular formula is C25H36F3N3O6S. The van der Waals surface area contributed by atoms with Crippen molar-refractivity contribution in [2.45, 2.75) is 67.4 Å². The largest absolute Gasteiger partial charge is 0.490 e. The minimum absolute atomic E-state index is 0.0831. The summed E-state index contributed by atoms with van der Waals surface area (Å²) in [5.74, 6) is -2.96.